The number of para-hydroxylation sites is 1. The molecule has 0 heterocycles. The summed E-state index contributed by atoms with van der Waals surface area (Å²) in [7, 11) is 0. The van der Waals surface area contributed by atoms with Gasteiger partial charge in [0.05, 0.1) is 5.92 Å². The summed E-state index contributed by atoms with van der Waals surface area (Å²) in [6.45, 7) is 3.86. The zero-order chi connectivity index (χ0) is 15.1. The largest absolute Gasteiger partial charge is 0.550 e. The van der Waals surface area contributed by atoms with Crippen LogP contribution in [0.4, 0.5) is 5.69 Å². The van der Waals surface area contributed by atoms with Crippen LogP contribution >= 0.6 is 0 Å². The lowest BCUT2D eigenvalue weighted by atomic mass is 9.82. The summed E-state index contributed by atoms with van der Waals surface area (Å²) in [5.41, 5.74) is 2.74. The van der Waals surface area contributed by atoms with Crippen molar-refractivity contribution in [1.82, 2.24) is 0 Å². The van der Waals surface area contributed by atoms with E-state index < -0.39 is 17.8 Å². The molecule has 0 saturated heterocycles. The molecule has 0 radical (unpaired) electrons. The second-order valence-corrected chi connectivity index (χ2v) is 6.07. The van der Waals surface area contributed by atoms with Gasteiger partial charge in [-0.1, -0.05) is 30.4 Å². The highest BCUT2D eigenvalue weighted by Crippen LogP contribution is 2.48. The van der Waals surface area contributed by atoms with Crippen LogP contribution < -0.4 is 10.4 Å². The van der Waals surface area contributed by atoms with Gasteiger partial charge in [0.1, 0.15) is 0 Å². The van der Waals surface area contributed by atoms with E-state index in [0.29, 0.717) is 0 Å². The molecular weight excluding hydrogens is 266 g/mol. The van der Waals surface area contributed by atoms with Crippen molar-refractivity contribution in [2.45, 2.75) is 20.3 Å². The summed E-state index contributed by atoms with van der Waals surface area (Å²) in [6.07, 6.45) is 4.62. The fourth-order valence-electron chi connectivity index (χ4n) is 3.72. The molecule has 21 heavy (non-hydrogen) atoms. The Balaban J connectivity index is 1.85. The van der Waals surface area contributed by atoms with Crippen molar-refractivity contribution < 1.29 is 14.7 Å². The number of carboxylic acids is 1. The van der Waals surface area contributed by atoms with Crippen LogP contribution in [0, 0.1) is 37.5 Å². The van der Waals surface area contributed by atoms with Crippen LogP contribution in [0.15, 0.2) is 30.4 Å². The number of hydrogen-bond acceptors (Lipinski definition) is 3. The number of fused-ring (bicyclic) bond motifs is 2. The van der Waals surface area contributed by atoms with Crippen molar-refractivity contribution >= 4 is 17.6 Å². The molecule has 2 bridgehead atoms. The number of anilines is 1. The quantitative estimate of drug-likeness (QED) is 0.854. The van der Waals surface area contributed by atoms with E-state index in [9.17, 15) is 14.7 Å². The van der Waals surface area contributed by atoms with Crippen LogP contribution in [0.1, 0.15) is 17.5 Å². The minimum Gasteiger partial charge on any atom is -0.550 e. The van der Waals surface area contributed by atoms with Gasteiger partial charge in [-0.3, -0.25) is 4.79 Å². The first-order valence-electron chi connectivity index (χ1n) is 7.25. The Morgan fingerprint density at radius 3 is 2.24 bits per heavy atom. The van der Waals surface area contributed by atoms with Crippen LogP contribution in [-0.2, 0) is 9.59 Å². The first kappa shape index (κ1) is 13.9. The second kappa shape index (κ2) is 5.02. The van der Waals surface area contributed by atoms with Gasteiger partial charge in [-0.15, -0.1) is 0 Å². The summed E-state index contributed by atoms with van der Waals surface area (Å²) >= 11 is 0. The number of carboxylic acid groups (broad SMARTS) is 1. The molecule has 0 unspecified atom stereocenters. The number of aryl methyl sites for hydroxylation is 2. The summed E-state index contributed by atoms with van der Waals surface area (Å²) in [5, 5.41) is 14.3. The molecule has 0 aromatic heterocycles. The van der Waals surface area contributed by atoms with E-state index in [0.717, 1.165) is 23.2 Å². The zero-order valence-electron chi connectivity index (χ0n) is 12.1. The Morgan fingerprint density at radius 2 is 1.67 bits per heavy atom. The van der Waals surface area contributed by atoms with Gasteiger partial charge in [0.2, 0.25) is 5.91 Å². The van der Waals surface area contributed by atoms with Crippen molar-refractivity contribution in [2.24, 2.45) is 23.7 Å². The van der Waals surface area contributed by atoms with Crippen LogP contribution in [0.25, 0.3) is 0 Å². The maximum atomic E-state index is 12.6. The number of benzene rings is 1. The average Bonchev–Trinajstić information content (AvgIpc) is 3.03. The standard InChI is InChI=1S/C17H19NO3/c1-9-4-3-5-10(2)15(9)18-16(19)13-11-6-7-12(8-11)14(13)17(20)21/h3-7,11-14H,8H2,1-2H3,(H,18,19)(H,20,21)/p-1/t11-,12+,13+,14+/m1/s1. The minimum absolute atomic E-state index is 0.0159. The number of carbonyl (C=O) groups is 2. The van der Waals surface area contributed by atoms with Gasteiger partial charge in [0, 0.05) is 17.6 Å². The van der Waals surface area contributed by atoms with Crippen molar-refractivity contribution in [3.63, 3.8) is 0 Å². The van der Waals surface area contributed by atoms with Gasteiger partial charge in [0.25, 0.3) is 0 Å². The molecular formula is C17H18NO3-. The number of hydrogen-bond donors (Lipinski definition) is 1. The molecule has 2 aliphatic carbocycles. The summed E-state index contributed by atoms with van der Waals surface area (Å²) < 4.78 is 0. The van der Waals surface area contributed by atoms with Crippen molar-refractivity contribution in [1.29, 1.82) is 0 Å². The maximum Gasteiger partial charge on any atom is 0.228 e. The molecule has 1 saturated carbocycles. The summed E-state index contributed by atoms with van der Waals surface area (Å²) in [5.74, 6) is -2.60. The Hall–Kier alpha value is -2.10. The van der Waals surface area contributed by atoms with E-state index in [4.69, 9.17) is 0 Å². The molecule has 110 valence electrons. The highest BCUT2D eigenvalue weighted by molar-refractivity contribution is 5.97. The monoisotopic (exact) mass is 284 g/mol. The lowest BCUT2D eigenvalue weighted by Gasteiger charge is -2.28. The van der Waals surface area contributed by atoms with Crippen LogP contribution in [0.3, 0.4) is 0 Å². The van der Waals surface area contributed by atoms with E-state index in [-0.39, 0.29) is 17.7 Å². The SMILES string of the molecule is Cc1cccc(C)c1NC(=O)[C@@H]1[C@@H](C(=O)[O-])[C@H]2C=C[C@@H]1C2. The first-order valence-corrected chi connectivity index (χ1v) is 7.25. The third-order valence-electron chi connectivity index (χ3n) is 4.76. The fourth-order valence-corrected chi connectivity index (χ4v) is 3.72. The normalized spacial score (nSPS) is 29.6. The number of rotatable bonds is 3. The minimum atomic E-state index is -1.12. The van der Waals surface area contributed by atoms with E-state index in [1.165, 1.54) is 0 Å². The molecule has 2 aliphatic rings. The third kappa shape index (κ3) is 2.24. The molecule has 1 amide bonds. The van der Waals surface area contributed by atoms with Gasteiger partial charge in [-0.05, 0) is 43.2 Å². The third-order valence-corrected chi connectivity index (χ3v) is 4.76. The topological polar surface area (TPSA) is 69.2 Å². The van der Waals surface area contributed by atoms with Crippen molar-refractivity contribution in [2.75, 3.05) is 5.32 Å². The number of allylic oxidation sites excluding steroid dienone is 2. The molecule has 0 aliphatic heterocycles. The van der Waals surface area contributed by atoms with Gasteiger partial charge in [-0.25, -0.2) is 0 Å². The van der Waals surface area contributed by atoms with Gasteiger partial charge < -0.3 is 15.2 Å². The van der Waals surface area contributed by atoms with Gasteiger partial charge >= 0.3 is 0 Å². The molecule has 1 aromatic rings. The van der Waals surface area contributed by atoms with Crippen LogP contribution in [0.2, 0.25) is 0 Å². The maximum absolute atomic E-state index is 12.6. The average molecular weight is 284 g/mol. The molecule has 3 rings (SSSR count). The van der Waals surface area contributed by atoms with E-state index >= 15 is 0 Å². The Kier molecular flexibility index (Phi) is 3.32. The van der Waals surface area contributed by atoms with E-state index in [1.807, 2.05) is 44.2 Å². The van der Waals surface area contributed by atoms with Crippen LogP contribution in [-0.4, -0.2) is 11.9 Å². The molecule has 1 aromatic carbocycles. The predicted octanol–water partition coefficient (Wildman–Crippen LogP) is 1.43. The molecule has 4 heteroatoms. The van der Waals surface area contributed by atoms with E-state index in [1.54, 1.807) is 0 Å². The van der Waals surface area contributed by atoms with Crippen molar-refractivity contribution in [3.05, 3.63) is 41.5 Å². The highest BCUT2D eigenvalue weighted by atomic mass is 16.4. The smallest absolute Gasteiger partial charge is 0.228 e. The Labute approximate surface area is 123 Å². The fraction of sp³-hybridized carbons (Fsp3) is 0.412. The summed E-state index contributed by atoms with van der Waals surface area (Å²) in [4.78, 5) is 24.0. The lowest BCUT2D eigenvalue weighted by molar-refractivity contribution is -0.313. The van der Waals surface area contributed by atoms with Gasteiger partial charge in [0.15, 0.2) is 0 Å². The van der Waals surface area contributed by atoms with Gasteiger partial charge in [-0.2, -0.15) is 0 Å². The number of nitrogens with one attached hydrogen (secondary N) is 1. The second-order valence-electron chi connectivity index (χ2n) is 6.07. The Bertz CT molecular complexity index is 615. The molecule has 0 spiro atoms. The predicted molar refractivity (Wildman–Crippen MR) is 77.3 cm³/mol. The molecule has 1 N–H and O–H groups in total. The highest BCUT2D eigenvalue weighted by Gasteiger charge is 2.48. The molecule has 4 atom stereocenters. The number of amides is 1. The Morgan fingerprint density at radius 1 is 1.10 bits per heavy atom. The zero-order valence-corrected chi connectivity index (χ0v) is 12.1. The number of aliphatic carboxylic acids is 1. The molecule has 1 fully saturated rings. The van der Waals surface area contributed by atoms with Crippen LogP contribution in [0.5, 0.6) is 0 Å². The first-order chi connectivity index (χ1) is 9.99. The number of carbonyl (C=O) groups excluding carboxylic acids is 2. The summed E-state index contributed by atoms with van der Waals surface area (Å²) in [6, 6.07) is 5.80. The lowest BCUT2D eigenvalue weighted by Crippen LogP contribution is -2.43. The molecule has 4 nitrogen and oxygen atoms in total. The van der Waals surface area contributed by atoms with Crippen molar-refractivity contribution in [3.8, 4) is 0 Å². The van der Waals surface area contributed by atoms with E-state index in [2.05, 4.69) is 5.32 Å².